The number of aryl methyl sites for hydroxylation is 1. The predicted molar refractivity (Wildman–Crippen MR) is 100 cm³/mol. The van der Waals surface area contributed by atoms with Gasteiger partial charge >= 0.3 is 11.9 Å². The molecule has 9 heteroatoms. The molecule has 7 nitrogen and oxygen atoms in total. The number of ether oxygens (including phenoxy) is 2. The molecule has 0 saturated carbocycles. The summed E-state index contributed by atoms with van der Waals surface area (Å²) >= 11 is 2.42. The van der Waals surface area contributed by atoms with Crippen LogP contribution in [0.1, 0.15) is 43.2 Å². The first kappa shape index (κ1) is 19.6. The number of rotatable bonds is 6. The molecule has 0 radical (unpaired) electrons. The van der Waals surface area contributed by atoms with Gasteiger partial charge in [-0.2, -0.15) is 5.26 Å². The molecule has 26 heavy (non-hydrogen) atoms. The van der Waals surface area contributed by atoms with Gasteiger partial charge in [-0.05, 0) is 26.3 Å². The van der Waals surface area contributed by atoms with Crippen LogP contribution in [0.2, 0.25) is 0 Å². The van der Waals surface area contributed by atoms with Crippen molar-refractivity contribution in [3.63, 3.8) is 0 Å². The second-order valence-corrected chi connectivity index (χ2v) is 6.96. The number of esters is 2. The molecule has 0 aliphatic carbocycles. The van der Waals surface area contributed by atoms with Gasteiger partial charge in [0.25, 0.3) is 0 Å². The van der Waals surface area contributed by atoms with Gasteiger partial charge in [0.15, 0.2) is 0 Å². The number of thiophene rings is 1. The Labute approximate surface area is 158 Å². The Balaban J connectivity index is 2.44. The van der Waals surface area contributed by atoms with Gasteiger partial charge < -0.3 is 14.8 Å². The Hall–Kier alpha value is -2.70. The highest BCUT2D eigenvalue weighted by molar-refractivity contribution is 7.18. The third-order valence-corrected chi connectivity index (χ3v) is 5.51. The van der Waals surface area contributed by atoms with Gasteiger partial charge in [0, 0.05) is 17.3 Å². The number of nitrogens with zero attached hydrogens (tertiary/aromatic N) is 2. The monoisotopic (exact) mass is 391 g/mol. The van der Waals surface area contributed by atoms with Crippen LogP contribution >= 0.6 is 22.7 Å². The quantitative estimate of drug-likeness (QED) is 0.591. The fourth-order valence-electron chi connectivity index (χ4n) is 2.11. The van der Waals surface area contributed by atoms with Gasteiger partial charge in [-0.1, -0.05) is 0 Å². The molecule has 0 atom stereocenters. The molecular formula is C17H17N3O4S2. The van der Waals surface area contributed by atoms with Crippen molar-refractivity contribution in [1.82, 2.24) is 4.98 Å². The second kappa shape index (κ2) is 8.60. The molecule has 1 N–H and O–H groups in total. The number of anilines is 1. The molecule has 0 spiro atoms. The number of nitriles is 1. The lowest BCUT2D eigenvalue weighted by molar-refractivity contribution is 0.0527. The van der Waals surface area contributed by atoms with E-state index in [0.29, 0.717) is 26.0 Å². The van der Waals surface area contributed by atoms with Gasteiger partial charge in [-0.15, -0.1) is 22.7 Å². The normalized spacial score (nSPS) is 11.0. The van der Waals surface area contributed by atoms with E-state index in [-0.39, 0.29) is 12.2 Å². The van der Waals surface area contributed by atoms with Crippen LogP contribution in [0.5, 0.6) is 0 Å². The maximum atomic E-state index is 12.3. The highest BCUT2D eigenvalue weighted by Gasteiger charge is 2.25. The molecule has 0 aliphatic heterocycles. The molecule has 0 saturated heterocycles. The topological polar surface area (TPSA) is 101 Å². The first-order valence-corrected chi connectivity index (χ1v) is 9.30. The van der Waals surface area contributed by atoms with E-state index in [2.05, 4.69) is 16.4 Å². The molecule has 0 aromatic carbocycles. The van der Waals surface area contributed by atoms with Crippen LogP contribution in [-0.2, 0) is 9.47 Å². The number of carbonyl (C=O) groups excluding carboxylic acids is 2. The average molecular weight is 391 g/mol. The van der Waals surface area contributed by atoms with E-state index in [1.54, 1.807) is 13.8 Å². The van der Waals surface area contributed by atoms with Crippen LogP contribution in [0.25, 0.3) is 5.57 Å². The summed E-state index contributed by atoms with van der Waals surface area (Å²) in [4.78, 5) is 28.8. The summed E-state index contributed by atoms with van der Waals surface area (Å²) < 4.78 is 9.84. The number of methoxy groups -OCH3 is 1. The van der Waals surface area contributed by atoms with Crippen LogP contribution in [0.4, 0.5) is 5.00 Å². The SMILES string of the molecule is CCOC(=O)c1c(N/C=C(\C#N)c2nc(C)cs2)sc(C(=O)OC)c1C. The summed E-state index contributed by atoms with van der Waals surface area (Å²) in [5, 5.41) is 15.1. The lowest BCUT2D eigenvalue weighted by Gasteiger charge is -2.05. The maximum absolute atomic E-state index is 12.3. The van der Waals surface area contributed by atoms with Crippen molar-refractivity contribution in [2.45, 2.75) is 20.8 Å². The summed E-state index contributed by atoms with van der Waals surface area (Å²) in [5.74, 6) is -1.08. The Morgan fingerprint density at radius 1 is 1.38 bits per heavy atom. The number of hydrogen-bond acceptors (Lipinski definition) is 9. The third kappa shape index (κ3) is 4.09. The van der Waals surface area contributed by atoms with E-state index < -0.39 is 11.9 Å². The molecule has 136 valence electrons. The van der Waals surface area contributed by atoms with Crippen molar-refractivity contribution >= 4 is 45.2 Å². The third-order valence-electron chi connectivity index (χ3n) is 3.31. The molecular weight excluding hydrogens is 374 g/mol. The maximum Gasteiger partial charge on any atom is 0.348 e. The zero-order chi connectivity index (χ0) is 19.3. The van der Waals surface area contributed by atoms with Crippen molar-refractivity contribution < 1.29 is 19.1 Å². The van der Waals surface area contributed by atoms with Gasteiger partial charge in [-0.3, -0.25) is 0 Å². The van der Waals surface area contributed by atoms with Crippen molar-refractivity contribution in [3.8, 4) is 6.07 Å². The van der Waals surface area contributed by atoms with Crippen LogP contribution < -0.4 is 5.32 Å². The Bertz CT molecular complexity index is 906. The Morgan fingerprint density at radius 3 is 2.65 bits per heavy atom. The molecule has 2 heterocycles. The van der Waals surface area contributed by atoms with Crippen molar-refractivity contribution in [2.24, 2.45) is 0 Å². The molecule has 0 bridgehead atoms. The Morgan fingerprint density at radius 2 is 2.12 bits per heavy atom. The van der Waals surface area contributed by atoms with E-state index in [4.69, 9.17) is 9.47 Å². The minimum Gasteiger partial charge on any atom is -0.465 e. The van der Waals surface area contributed by atoms with Gasteiger partial charge in [0.05, 0.1) is 19.3 Å². The lowest BCUT2D eigenvalue weighted by atomic mass is 10.1. The summed E-state index contributed by atoms with van der Waals surface area (Å²) in [6.45, 7) is 5.40. The first-order valence-electron chi connectivity index (χ1n) is 7.61. The fraction of sp³-hybridized carbons (Fsp3) is 0.294. The van der Waals surface area contributed by atoms with E-state index >= 15 is 0 Å². The minimum absolute atomic E-state index is 0.207. The van der Waals surface area contributed by atoms with Gasteiger partial charge in [-0.25, -0.2) is 14.6 Å². The number of aromatic nitrogens is 1. The number of allylic oxidation sites excluding steroid dienone is 1. The fourth-order valence-corrected chi connectivity index (χ4v) is 3.95. The van der Waals surface area contributed by atoms with E-state index in [9.17, 15) is 14.9 Å². The summed E-state index contributed by atoms with van der Waals surface area (Å²) in [6.07, 6.45) is 1.47. The van der Waals surface area contributed by atoms with E-state index in [1.165, 1.54) is 24.6 Å². The Kier molecular flexibility index (Phi) is 6.49. The molecule has 0 fully saturated rings. The molecule has 2 aromatic rings. The highest BCUT2D eigenvalue weighted by Crippen LogP contribution is 2.34. The average Bonchev–Trinajstić information content (AvgIpc) is 3.18. The van der Waals surface area contributed by atoms with E-state index in [1.807, 2.05) is 12.3 Å². The largest absolute Gasteiger partial charge is 0.465 e. The highest BCUT2D eigenvalue weighted by atomic mass is 32.1. The van der Waals surface area contributed by atoms with E-state index in [0.717, 1.165) is 17.0 Å². The summed E-state index contributed by atoms with van der Waals surface area (Å²) in [5.41, 5.74) is 1.86. The second-order valence-electron chi connectivity index (χ2n) is 5.08. The molecule has 2 rings (SSSR count). The number of carbonyl (C=O) groups is 2. The van der Waals surface area contributed by atoms with Crippen LogP contribution in [0, 0.1) is 25.2 Å². The van der Waals surface area contributed by atoms with Crippen molar-refractivity contribution in [3.05, 3.63) is 38.3 Å². The zero-order valence-electron chi connectivity index (χ0n) is 14.7. The number of hydrogen-bond donors (Lipinski definition) is 1. The standard InChI is InChI=1S/C17H17N3O4S2/c1-5-24-16(21)12-10(3)13(17(22)23-4)26-15(12)19-7-11(6-18)14-20-9(2)8-25-14/h7-8,19H,5H2,1-4H3/b11-7+. The molecule has 0 unspecified atom stereocenters. The van der Waals surface area contributed by atoms with Gasteiger partial charge in [0.2, 0.25) is 0 Å². The van der Waals surface area contributed by atoms with Crippen LogP contribution in [-0.4, -0.2) is 30.6 Å². The smallest absolute Gasteiger partial charge is 0.348 e. The van der Waals surface area contributed by atoms with Crippen molar-refractivity contribution in [2.75, 3.05) is 19.0 Å². The molecule has 2 aromatic heterocycles. The predicted octanol–water partition coefficient (Wildman–Crippen LogP) is 3.76. The lowest BCUT2D eigenvalue weighted by Crippen LogP contribution is -2.08. The molecule has 0 amide bonds. The summed E-state index contributed by atoms with van der Waals surface area (Å²) in [7, 11) is 1.27. The molecule has 0 aliphatic rings. The van der Waals surface area contributed by atoms with Crippen molar-refractivity contribution in [1.29, 1.82) is 5.26 Å². The van der Waals surface area contributed by atoms with Crippen LogP contribution in [0.15, 0.2) is 11.6 Å². The first-order chi connectivity index (χ1) is 12.4. The number of thiazole rings is 1. The van der Waals surface area contributed by atoms with Gasteiger partial charge in [0.1, 0.15) is 26.5 Å². The number of nitrogens with one attached hydrogen (secondary N) is 1. The summed E-state index contributed by atoms with van der Waals surface area (Å²) in [6, 6.07) is 2.07. The minimum atomic E-state index is -0.545. The zero-order valence-corrected chi connectivity index (χ0v) is 16.3. The van der Waals surface area contributed by atoms with Crippen LogP contribution in [0.3, 0.4) is 0 Å².